The number of hydrogen-bond donors (Lipinski definition) is 2. The van der Waals surface area contributed by atoms with Gasteiger partial charge in [-0.3, -0.25) is 4.79 Å². The van der Waals surface area contributed by atoms with Crippen molar-refractivity contribution in [3.8, 4) is 16.9 Å². The van der Waals surface area contributed by atoms with Gasteiger partial charge < -0.3 is 5.32 Å². The van der Waals surface area contributed by atoms with Gasteiger partial charge in [0.15, 0.2) is 0 Å². The third-order valence-corrected chi connectivity index (χ3v) is 6.74. The topological polar surface area (TPSA) is 93.1 Å². The first-order valence-electron chi connectivity index (χ1n) is 10.6. The molecule has 1 amide bonds. The van der Waals surface area contributed by atoms with Crippen molar-refractivity contribution in [1.29, 1.82) is 0 Å². The highest BCUT2D eigenvalue weighted by Crippen LogP contribution is 2.23. The highest BCUT2D eigenvalue weighted by molar-refractivity contribution is 7.89. The molecular formula is C25H23FN4O3S. The molecule has 9 heteroatoms. The van der Waals surface area contributed by atoms with Crippen molar-refractivity contribution in [3.63, 3.8) is 0 Å². The van der Waals surface area contributed by atoms with Gasteiger partial charge in [0.2, 0.25) is 15.9 Å². The molecule has 7 nitrogen and oxygen atoms in total. The van der Waals surface area contributed by atoms with E-state index in [-0.39, 0.29) is 6.54 Å². The van der Waals surface area contributed by atoms with E-state index in [0.29, 0.717) is 5.69 Å². The number of amides is 1. The molecule has 0 saturated heterocycles. The summed E-state index contributed by atoms with van der Waals surface area (Å²) in [5, 5.41) is 7.44. The Morgan fingerprint density at radius 2 is 1.59 bits per heavy atom. The Balaban J connectivity index is 1.52. The number of para-hydroxylation sites is 1. The lowest BCUT2D eigenvalue weighted by atomic mass is 10.1. The maximum Gasteiger partial charge on any atom is 0.244 e. The highest BCUT2D eigenvalue weighted by atomic mass is 32.2. The summed E-state index contributed by atoms with van der Waals surface area (Å²) in [6.45, 7) is 1.53. The minimum Gasteiger partial charge on any atom is -0.351 e. The Bertz CT molecular complexity index is 1390. The number of carbonyl (C=O) groups excluding carboxylic acids is 1. The second-order valence-corrected chi connectivity index (χ2v) is 9.32. The lowest BCUT2D eigenvalue weighted by Crippen LogP contribution is -2.44. The minimum absolute atomic E-state index is 0.127. The zero-order chi connectivity index (χ0) is 24.1. The van der Waals surface area contributed by atoms with Crippen molar-refractivity contribution in [2.24, 2.45) is 0 Å². The third-order valence-electron chi connectivity index (χ3n) is 5.16. The van der Waals surface area contributed by atoms with Gasteiger partial charge in [0.1, 0.15) is 10.7 Å². The predicted molar refractivity (Wildman–Crippen MR) is 127 cm³/mol. The van der Waals surface area contributed by atoms with E-state index in [0.717, 1.165) is 28.9 Å². The summed E-state index contributed by atoms with van der Waals surface area (Å²) >= 11 is 0. The molecule has 4 aromatic rings. The SMILES string of the molecule is C[C@@H](NS(=O)(=O)c1ccccc1F)C(=O)NCc1cn(-c2ccccc2)nc1-c1ccccc1. The lowest BCUT2D eigenvalue weighted by Gasteiger charge is -2.15. The van der Waals surface area contributed by atoms with Gasteiger partial charge in [0, 0.05) is 23.9 Å². The van der Waals surface area contributed by atoms with E-state index in [1.165, 1.54) is 19.1 Å². The molecule has 34 heavy (non-hydrogen) atoms. The summed E-state index contributed by atoms with van der Waals surface area (Å²) in [6.07, 6.45) is 1.83. The van der Waals surface area contributed by atoms with Crippen LogP contribution in [0.25, 0.3) is 16.9 Å². The van der Waals surface area contributed by atoms with Crippen molar-refractivity contribution in [2.45, 2.75) is 24.4 Å². The zero-order valence-corrected chi connectivity index (χ0v) is 19.2. The van der Waals surface area contributed by atoms with Crippen LogP contribution in [0.5, 0.6) is 0 Å². The molecule has 0 aliphatic carbocycles. The molecule has 0 aliphatic heterocycles. The molecule has 0 unspecified atom stereocenters. The molecule has 1 aromatic heterocycles. The second kappa shape index (κ2) is 9.98. The van der Waals surface area contributed by atoms with E-state index in [2.05, 4.69) is 10.0 Å². The molecule has 2 N–H and O–H groups in total. The molecule has 0 spiro atoms. The minimum atomic E-state index is -4.20. The van der Waals surface area contributed by atoms with Gasteiger partial charge in [-0.1, -0.05) is 60.7 Å². The van der Waals surface area contributed by atoms with Crippen molar-refractivity contribution in [1.82, 2.24) is 19.8 Å². The standard InChI is InChI=1S/C25H23FN4O3S/c1-18(29-34(32,33)23-15-9-8-14-22(23)26)25(31)27-16-20-17-30(21-12-6-3-7-13-21)28-24(20)19-10-4-2-5-11-19/h2-15,17-18,29H,16H2,1H3,(H,27,31)/t18-/m1/s1. The van der Waals surface area contributed by atoms with Crippen LogP contribution in [0.4, 0.5) is 4.39 Å². The smallest absolute Gasteiger partial charge is 0.244 e. The van der Waals surface area contributed by atoms with Crippen LogP contribution in [0, 0.1) is 5.82 Å². The molecule has 1 atom stereocenters. The van der Waals surface area contributed by atoms with Crippen molar-refractivity contribution in [2.75, 3.05) is 0 Å². The molecule has 0 radical (unpaired) electrons. The second-order valence-electron chi connectivity index (χ2n) is 7.64. The van der Waals surface area contributed by atoms with E-state index >= 15 is 0 Å². The van der Waals surface area contributed by atoms with Crippen LogP contribution in [0.1, 0.15) is 12.5 Å². The molecule has 0 saturated carbocycles. The number of nitrogens with zero attached hydrogens (tertiary/aromatic N) is 2. The predicted octanol–water partition coefficient (Wildman–Crippen LogP) is 3.66. The Labute approximate surface area is 197 Å². The fraction of sp³-hybridized carbons (Fsp3) is 0.120. The first-order valence-corrected chi connectivity index (χ1v) is 12.1. The highest BCUT2D eigenvalue weighted by Gasteiger charge is 2.24. The number of rotatable bonds is 8. The Hall–Kier alpha value is -3.82. The number of sulfonamides is 1. The number of aromatic nitrogens is 2. The van der Waals surface area contributed by atoms with Crippen LogP contribution >= 0.6 is 0 Å². The lowest BCUT2D eigenvalue weighted by molar-refractivity contribution is -0.122. The van der Waals surface area contributed by atoms with Gasteiger partial charge in [0.05, 0.1) is 17.4 Å². The van der Waals surface area contributed by atoms with Gasteiger partial charge in [-0.25, -0.2) is 17.5 Å². The van der Waals surface area contributed by atoms with Crippen LogP contribution in [0.3, 0.4) is 0 Å². The first-order chi connectivity index (χ1) is 16.3. The molecule has 1 heterocycles. The summed E-state index contributed by atoms with van der Waals surface area (Å²) < 4.78 is 42.9. The van der Waals surface area contributed by atoms with Crippen molar-refractivity contribution >= 4 is 15.9 Å². The van der Waals surface area contributed by atoms with E-state index in [4.69, 9.17) is 5.10 Å². The van der Waals surface area contributed by atoms with Gasteiger partial charge in [-0.05, 0) is 31.2 Å². The zero-order valence-electron chi connectivity index (χ0n) is 18.4. The quantitative estimate of drug-likeness (QED) is 0.404. The van der Waals surface area contributed by atoms with Crippen LogP contribution in [-0.4, -0.2) is 30.1 Å². The van der Waals surface area contributed by atoms with Gasteiger partial charge >= 0.3 is 0 Å². The van der Waals surface area contributed by atoms with Crippen LogP contribution < -0.4 is 10.0 Å². The molecule has 0 aliphatic rings. The Morgan fingerprint density at radius 3 is 2.26 bits per heavy atom. The van der Waals surface area contributed by atoms with E-state index in [1.807, 2.05) is 66.9 Å². The first kappa shape index (κ1) is 23.3. The number of nitrogens with one attached hydrogen (secondary N) is 2. The van der Waals surface area contributed by atoms with Gasteiger partial charge in [0.25, 0.3) is 0 Å². The van der Waals surface area contributed by atoms with Crippen molar-refractivity contribution in [3.05, 3.63) is 103 Å². The molecular weight excluding hydrogens is 455 g/mol. The maximum atomic E-state index is 13.9. The fourth-order valence-electron chi connectivity index (χ4n) is 3.44. The van der Waals surface area contributed by atoms with Gasteiger partial charge in [-0.2, -0.15) is 9.82 Å². The number of halogens is 1. The normalized spacial score (nSPS) is 12.3. The van der Waals surface area contributed by atoms with Crippen LogP contribution in [0.15, 0.2) is 96.0 Å². The maximum absolute atomic E-state index is 13.9. The Morgan fingerprint density at radius 1 is 0.971 bits per heavy atom. The molecule has 0 bridgehead atoms. The van der Waals surface area contributed by atoms with Crippen LogP contribution in [-0.2, 0) is 21.4 Å². The fourth-order valence-corrected chi connectivity index (χ4v) is 4.72. The average Bonchev–Trinajstić information content (AvgIpc) is 3.28. The summed E-state index contributed by atoms with van der Waals surface area (Å²) in [7, 11) is -4.20. The van der Waals surface area contributed by atoms with Crippen LogP contribution in [0.2, 0.25) is 0 Å². The third kappa shape index (κ3) is 5.22. The summed E-state index contributed by atoms with van der Waals surface area (Å²) in [6, 6.07) is 23.0. The number of benzene rings is 3. The molecule has 0 fully saturated rings. The van der Waals surface area contributed by atoms with Gasteiger partial charge in [-0.15, -0.1) is 0 Å². The summed E-state index contributed by atoms with van der Waals surface area (Å²) in [5.41, 5.74) is 3.20. The van der Waals surface area contributed by atoms with E-state index in [1.54, 1.807) is 4.68 Å². The molecule has 3 aromatic carbocycles. The largest absolute Gasteiger partial charge is 0.351 e. The van der Waals surface area contributed by atoms with Crippen molar-refractivity contribution < 1.29 is 17.6 Å². The average molecular weight is 479 g/mol. The summed E-state index contributed by atoms with van der Waals surface area (Å²) in [5.74, 6) is -1.44. The van der Waals surface area contributed by atoms with E-state index < -0.39 is 32.7 Å². The molecule has 4 rings (SSSR count). The number of carbonyl (C=O) groups is 1. The summed E-state index contributed by atoms with van der Waals surface area (Å²) in [4.78, 5) is 12.2. The molecule has 174 valence electrons. The van der Waals surface area contributed by atoms with E-state index in [9.17, 15) is 17.6 Å². The number of hydrogen-bond acceptors (Lipinski definition) is 4. The monoisotopic (exact) mass is 478 g/mol. The Kier molecular flexibility index (Phi) is 6.85.